The highest BCUT2D eigenvalue weighted by molar-refractivity contribution is 5.95. The Hall–Kier alpha value is -2.11. The van der Waals surface area contributed by atoms with E-state index in [1.54, 1.807) is 0 Å². The van der Waals surface area contributed by atoms with E-state index in [-0.39, 0.29) is 12.4 Å². The van der Waals surface area contributed by atoms with Gasteiger partial charge in [0.2, 0.25) is 0 Å². The molecule has 22 heavy (non-hydrogen) atoms. The van der Waals surface area contributed by atoms with Gasteiger partial charge in [0.1, 0.15) is 0 Å². The van der Waals surface area contributed by atoms with Gasteiger partial charge in [0, 0.05) is 6.08 Å². The Balaban J connectivity index is 4.58. The molecule has 0 N–H and O–H groups in total. The molecule has 0 spiro atoms. The van der Waals surface area contributed by atoms with Crippen LogP contribution in [0.1, 0.15) is 33.1 Å². The summed E-state index contributed by atoms with van der Waals surface area (Å²) in [7, 11) is 3.80. The summed E-state index contributed by atoms with van der Waals surface area (Å²) >= 11 is 0. The second-order valence-electron chi connectivity index (χ2n) is 4.91. The van der Waals surface area contributed by atoms with E-state index in [1.807, 2.05) is 19.9 Å². The van der Waals surface area contributed by atoms with Crippen LogP contribution in [0.25, 0.3) is 0 Å². The van der Waals surface area contributed by atoms with Crippen molar-refractivity contribution in [3.63, 3.8) is 0 Å². The normalized spacial score (nSPS) is 12.1. The molecule has 0 heterocycles. The fourth-order valence-electron chi connectivity index (χ4n) is 1.83. The Kier molecular flexibility index (Phi) is 9.58. The molecule has 0 radical (unpaired) electrons. The zero-order valence-electron chi connectivity index (χ0n) is 13.8. The monoisotopic (exact) mass is 312 g/mol. The van der Waals surface area contributed by atoms with E-state index in [0.29, 0.717) is 12.8 Å². The molecule has 0 saturated heterocycles. The van der Waals surface area contributed by atoms with Crippen molar-refractivity contribution in [2.75, 3.05) is 21.3 Å². The largest absolute Gasteiger partial charge is 0.468 e. The summed E-state index contributed by atoms with van der Waals surface area (Å²) in [6, 6.07) is 0. The Bertz CT molecular complexity index is 445. The minimum absolute atomic E-state index is 0.249. The molecule has 0 saturated carbocycles. The van der Waals surface area contributed by atoms with Gasteiger partial charge in [-0.05, 0) is 33.1 Å². The zero-order chi connectivity index (χ0) is 17.1. The summed E-state index contributed by atoms with van der Waals surface area (Å²) in [5.41, 5.74) is 1.78. The predicted octanol–water partition coefficient (Wildman–Crippen LogP) is 2.18. The van der Waals surface area contributed by atoms with Gasteiger partial charge in [0.15, 0.2) is 5.92 Å². The first kappa shape index (κ1) is 19.9. The lowest BCUT2D eigenvalue weighted by Gasteiger charge is -2.12. The van der Waals surface area contributed by atoms with Gasteiger partial charge in [0.05, 0.1) is 21.3 Å². The zero-order valence-corrected chi connectivity index (χ0v) is 13.8. The molecule has 0 amide bonds. The van der Waals surface area contributed by atoms with Crippen molar-refractivity contribution in [1.82, 2.24) is 0 Å². The quantitative estimate of drug-likeness (QED) is 0.225. The molecule has 0 aliphatic rings. The Labute approximate surface area is 131 Å². The number of hydrogen-bond donors (Lipinski definition) is 0. The minimum atomic E-state index is -0.946. The van der Waals surface area contributed by atoms with Crippen LogP contribution in [0.5, 0.6) is 0 Å². The van der Waals surface area contributed by atoms with Gasteiger partial charge in [0.25, 0.3) is 0 Å². The third-order valence-electron chi connectivity index (χ3n) is 3.09. The molecule has 124 valence electrons. The molecule has 0 unspecified atom stereocenters. The molecule has 0 aliphatic carbocycles. The van der Waals surface area contributed by atoms with E-state index in [4.69, 9.17) is 0 Å². The smallest absolute Gasteiger partial charge is 0.330 e. The molecule has 0 rings (SSSR count). The maximum absolute atomic E-state index is 11.6. The van der Waals surface area contributed by atoms with Crippen LogP contribution in [0.2, 0.25) is 0 Å². The topological polar surface area (TPSA) is 78.9 Å². The second kappa shape index (κ2) is 10.6. The molecule has 0 atom stereocenters. The number of esters is 3. The van der Waals surface area contributed by atoms with Gasteiger partial charge in [-0.1, -0.05) is 17.2 Å². The van der Waals surface area contributed by atoms with E-state index in [0.717, 1.165) is 11.1 Å². The number of allylic oxidation sites excluding steroid dienone is 3. The van der Waals surface area contributed by atoms with Crippen LogP contribution in [0.4, 0.5) is 0 Å². The van der Waals surface area contributed by atoms with Crippen molar-refractivity contribution in [2.45, 2.75) is 33.1 Å². The van der Waals surface area contributed by atoms with Gasteiger partial charge >= 0.3 is 17.9 Å². The maximum atomic E-state index is 11.6. The minimum Gasteiger partial charge on any atom is -0.468 e. The fraction of sp³-hybridized carbons (Fsp3) is 0.562. The summed E-state index contributed by atoms with van der Waals surface area (Å²) in [5, 5.41) is 0. The lowest BCUT2D eigenvalue weighted by atomic mass is 9.99. The lowest BCUT2D eigenvalue weighted by Crippen LogP contribution is -2.26. The fourth-order valence-corrected chi connectivity index (χ4v) is 1.83. The summed E-state index contributed by atoms with van der Waals surface area (Å²) in [5.74, 6) is -2.55. The number of methoxy groups -OCH3 is 3. The number of rotatable bonds is 8. The Morgan fingerprint density at radius 1 is 0.909 bits per heavy atom. The highest BCUT2D eigenvalue weighted by Gasteiger charge is 2.28. The molecule has 0 aromatic carbocycles. The first-order valence-electron chi connectivity index (χ1n) is 6.92. The van der Waals surface area contributed by atoms with Crippen LogP contribution >= 0.6 is 0 Å². The van der Waals surface area contributed by atoms with Gasteiger partial charge in [-0.15, -0.1) is 0 Å². The van der Waals surface area contributed by atoms with Gasteiger partial charge < -0.3 is 14.2 Å². The SMILES string of the molecule is COC(=O)/C=C(\C)CC/C=C(\C)CC(C(=O)OC)C(=O)OC. The lowest BCUT2D eigenvalue weighted by molar-refractivity contribution is -0.158. The van der Waals surface area contributed by atoms with Crippen LogP contribution in [0, 0.1) is 5.92 Å². The van der Waals surface area contributed by atoms with Crippen LogP contribution < -0.4 is 0 Å². The third kappa shape index (κ3) is 7.61. The Morgan fingerprint density at radius 3 is 1.91 bits per heavy atom. The first-order valence-corrected chi connectivity index (χ1v) is 6.92. The predicted molar refractivity (Wildman–Crippen MR) is 80.9 cm³/mol. The van der Waals surface area contributed by atoms with Crippen LogP contribution in [-0.4, -0.2) is 39.2 Å². The van der Waals surface area contributed by atoms with E-state index < -0.39 is 17.9 Å². The second-order valence-corrected chi connectivity index (χ2v) is 4.91. The van der Waals surface area contributed by atoms with Crippen molar-refractivity contribution < 1.29 is 28.6 Å². The van der Waals surface area contributed by atoms with Gasteiger partial charge in [-0.2, -0.15) is 0 Å². The summed E-state index contributed by atoms with van der Waals surface area (Å²) in [4.78, 5) is 34.2. The molecular weight excluding hydrogens is 288 g/mol. The maximum Gasteiger partial charge on any atom is 0.330 e. The van der Waals surface area contributed by atoms with E-state index in [2.05, 4.69) is 14.2 Å². The molecule has 0 aromatic rings. The molecule has 0 aromatic heterocycles. The summed E-state index contributed by atoms with van der Waals surface area (Å²) in [6.45, 7) is 3.67. The number of carbonyl (C=O) groups is 3. The number of hydrogen-bond acceptors (Lipinski definition) is 6. The summed E-state index contributed by atoms with van der Waals surface area (Å²) in [6.07, 6.45) is 5.00. The standard InChI is InChI=1S/C16H24O6/c1-11(7-6-8-12(2)10-14(17)20-3)9-13(15(18)21-4)16(19)22-5/h7,10,13H,6,8-9H2,1-5H3/b11-7+,12-10+. The first-order chi connectivity index (χ1) is 10.3. The highest BCUT2D eigenvalue weighted by atomic mass is 16.5. The van der Waals surface area contributed by atoms with Gasteiger partial charge in [-0.3, -0.25) is 9.59 Å². The van der Waals surface area contributed by atoms with Crippen LogP contribution in [-0.2, 0) is 28.6 Å². The van der Waals surface area contributed by atoms with Crippen molar-refractivity contribution in [2.24, 2.45) is 5.92 Å². The van der Waals surface area contributed by atoms with E-state index in [9.17, 15) is 14.4 Å². The third-order valence-corrected chi connectivity index (χ3v) is 3.09. The average Bonchev–Trinajstić information content (AvgIpc) is 2.50. The van der Waals surface area contributed by atoms with E-state index >= 15 is 0 Å². The van der Waals surface area contributed by atoms with Crippen molar-refractivity contribution in [1.29, 1.82) is 0 Å². The molecular formula is C16H24O6. The average molecular weight is 312 g/mol. The molecule has 0 aliphatic heterocycles. The van der Waals surface area contributed by atoms with Crippen molar-refractivity contribution >= 4 is 17.9 Å². The van der Waals surface area contributed by atoms with Crippen LogP contribution in [0.3, 0.4) is 0 Å². The highest BCUT2D eigenvalue weighted by Crippen LogP contribution is 2.16. The molecule has 6 nitrogen and oxygen atoms in total. The van der Waals surface area contributed by atoms with Crippen molar-refractivity contribution in [3.05, 3.63) is 23.3 Å². The summed E-state index contributed by atoms with van der Waals surface area (Å²) < 4.78 is 13.8. The number of ether oxygens (including phenoxy) is 3. The Morgan fingerprint density at radius 2 is 1.45 bits per heavy atom. The van der Waals surface area contributed by atoms with Crippen LogP contribution in [0.15, 0.2) is 23.3 Å². The molecule has 0 fully saturated rings. The molecule has 0 bridgehead atoms. The number of carbonyl (C=O) groups excluding carboxylic acids is 3. The van der Waals surface area contributed by atoms with Gasteiger partial charge in [-0.25, -0.2) is 4.79 Å². The molecule has 6 heteroatoms. The van der Waals surface area contributed by atoms with E-state index in [1.165, 1.54) is 27.4 Å². The van der Waals surface area contributed by atoms with Crippen molar-refractivity contribution in [3.8, 4) is 0 Å².